The first-order valence-electron chi connectivity index (χ1n) is 8.12. The lowest BCUT2D eigenvalue weighted by atomic mass is 9.75. The van der Waals surface area contributed by atoms with Crippen molar-refractivity contribution in [3.8, 4) is 0 Å². The number of aromatic nitrogens is 2. The average Bonchev–Trinajstić information content (AvgIpc) is 2.93. The molecule has 0 saturated carbocycles. The Hall–Kier alpha value is -1.59. The summed E-state index contributed by atoms with van der Waals surface area (Å²) in [5.74, 6) is 1.02. The monoisotopic (exact) mass is 312 g/mol. The molecule has 0 amide bonds. The maximum atomic E-state index is 6.20. The van der Waals surface area contributed by atoms with Crippen molar-refractivity contribution in [2.24, 2.45) is 0 Å². The molecule has 2 heterocycles. The number of hydrogen-bond donors (Lipinski definition) is 0. The zero-order chi connectivity index (χ0) is 16.8. The third kappa shape index (κ3) is 2.95. The Morgan fingerprint density at radius 3 is 2.30 bits per heavy atom. The summed E-state index contributed by atoms with van der Waals surface area (Å²) >= 11 is 0. The van der Waals surface area contributed by atoms with Crippen molar-refractivity contribution < 1.29 is 9.31 Å². The summed E-state index contributed by atoms with van der Waals surface area (Å²) in [6.45, 7) is 13.3. The van der Waals surface area contributed by atoms with E-state index in [1.54, 1.807) is 0 Å². The minimum Gasteiger partial charge on any atom is -0.399 e. The summed E-state index contributed by atoms with van der Waals surface area (Å²) in [5, 5.41) is 0. The van der Waals surface area contributed by atoms with Gasteiger partial charge in [-0.3, -0.25) is 0 Å². The van der Waals surface area contributed by atoms with E-state index in [1.807, 2.05) is 19.3 Å². The van der Waals surface area contributed by atoms with Crippen molar-refractivity contribution in [1.82, 2.24) is 9.55 Å². The molecule has 0 bridgehead atoms. The molecule has 23 heavy (non-hydrogen) atoms. The van der Waals surface area contributed by atoms with Crippen LogP contribution in [0.2, 0.25) is 0 Å². The van der Waals surface area contributed by atoms with Crippen molar-refractivity contribution in [2.45, 2.75) is 59.3 Å². The Labute approximate surface area is 139 Å². The fourth-order valence-electron chi connectivity index (χ4n) is 2.78. The molecule has 5 heteroatoms. The smallest absolute Gasteiger partial charge is 0.399 e. The fraction of sp³-hybridized carbons (Fsp3) is 0.500. The van der Waals surface area contributed by atoms with Crippen LogP contribution in [0.5, 0.6) is 0 Å². The number of benzene rings is 1. The van der Waals surface area contributed by atoms with E-state index in [1.165, 1.54) is 11.1 Å². The zero-order valence-corrected chi connectivity index (χ0v) is 14.9. The molecular weight excluding hydrogens is 287 g/mol. The highest BCUT2D eigenvalue weighted by Crippen LogP contribution is 2.36. The van der Waals surface area contributed by atoms with Gasteiger partial charge in [0.2, 0.25) is 0 Å². The van der Waals surface area contributed by atoms with Crippen molar-refractivity contribution in [3.63, 3.8) is 0 Å². The van der Waals surface area contributed by atoms with E-state index in [0.29, 0.717) is 0 Å². The van der Waals surface area contributed by atoms with Gasteiger partial charge in [-0.05, 0) is 52.6 Å². The van der Waals surface area contributed by atoms with Crippen molar-refractivity contribution in [1.29, 1.82) is 0 Å². The van der Waals surface area contributed by atoms with Crippen LogP contribution < -0.4 is 5.46 Å². The van der Waals surface area contributed by atoms with Crippen molar-refractivity contribution in [2.75, 3.05) is 0 Å². The van der Waals surface area contributed by atoms with Gasteiger partial charge in [-0.15, -0.1) is 0 Å². The summed E-state index contributed by atoms with van der Waals surface area (Å²) in [4.78, 5) is 4.28. The molecule has 1 saturated heterocycles. The van der Waals surface area contributed by atoms with Crippen LogP contribution in [-0.4, -0.2) is 27.9 Å². The van der Waals surface area contributed by atoms with Gasteiger partial charge in [-0.25, -0.2) is 4.98 Å². The normalized spacial score (nSPS) is 19.3. The SMILES string of the molecule is Cc1ccc(Cn2ccnc2C)cc1B1OC(C)(C)C(C)(C)O1. The van der Waals surface area contributed by atoms with Gasteiger partial charge in [0, 0.05) is 18.9 Å². The number of imidazole rings is 1. The molecular formula is C18H25BN2O2. The predicted octanol–water partition coefficient (Wildman–Crippen LogP) is 2.85. The molecule has 122 valence electrons. The van der Waals surface area contributed by atoms with E-state index in [9.17, 15) is 0 Å². The Bertz CT molecular complexity index is 706. The number of aryl methyl sites for hydroxylation is 2. The summed E-state index contributed by atoms with van der Waals surface area (Å²) < 4.78 is 14.5. The van der Waals surface area contributed by atoms with Gasteiger partial charge in [-0.2, -0.15) is 0 Å². The van der Waals surface area contributed by atoms with Crippen LogP contribution in [0.1, 0.15) is 44.6 Å². The van der Waals surface area contributed by atoms with Crippen LogP contribution in [0.25, 0.3) is 0 Å². The summed E-state index contributed by atoms with van der Waals surface area (Å²) in [6, 6.07) is 6.49. The van der Waals surface area contributed by atoms with Gasteiger partial charge >= 0.3 is 7.12 Å². The number of nitrogens with zero attached hydrogens (tertiary/aromatic N) is 2. The molecule has 1 aromatic carbocycles. The van der Waals surface area contributed by atoms with E-state index >= 15 is 0 Å². The number of hydrogen-bond acceptors (Lipinski definition) is 3. The average molecular weight is 312 g/mol. The second-order valence-electron chi connectivity index (χ2n) is 7.38. The van der Waals surface area contributed by atoms with E-state index in [4.69, 9.17) is 9.31 Å². The largest absolute Gasteiger partial charge is 0.495 e. The molecule has 4 nitrogen and oxygen atoms in total. The minimum atomic E-state index is -0.318. The molecule has 0 radical (unpaired) electrons. The van der Waals surface area contributed by atoms with Crippen molar-refractivity contribution in [3.05, 3.63) is 47.5 Å². The lowest BCUT2D eigenvalue weighted by Gasteiger charge is -2.32. The van der Waals surface area contributed by atoms with Crippen molar-refractivity contribution >= 4 is 12.6 Å². The molecule has 0 aliphatic carbocycles. The highest BCUT2D eigenvalue weighted by Gasteiger charge is 2.52. The lowest BCUT2D eigenvalue weighted by molar-refractivity contribution is 0.00578. The quantitative estimate of drug-likeness (QED) is 0.818. The molecule has 0 atom stereocenters. The minimum absolute atomic E-state index is 0.316. The van der Waals surface area contributed by atoms with Crippen LogP contribution >= 0.6 is 0 Å². The topological polar surface area (TPSA) is 36.3 Å². The van der Waals surface area contributed by atoms with E-state index in [0.717, 1.165) is 17.8 Å². The van der Waals surface area contributed by atoms with Crippen LogP contribution in [0, 0.1) is 13.8 Å². The summed E-state index contributed by atoms with van der Waals surface area (Å²) in [5.41, 5.74) is 2.89. The number of rotatable bonds is 3. The zero-order valence-electron chi connectivity index (χ0n) is 14.9. The third-order valence-electron chi connectivity index (χ3n) is 5.13. The molecule has 1 fully saturated rings. The van der Waals surface area contributed by atoms with Crippen LogP contribution in [-0.2, 0) is 15.9 Å². The molecule has 1 aromatic heterocycles. The lowest BCUT2D eigenvalue weighted by Crippen LogP contribution is -2.41. The first-order chi connectivity index (χ1) is 10.7. The van der Waals surface area contributed by atoms with Gasteiger partial charge in [0.25, 0.3) is 0 Å². The highest BCUT2D eigenvalue weighted by atomic mass is 16.7. The van der Waals surface area contributed by atoms with Gasteiger partial charge in [-0.1, -0.05) is 23.8 Å². The van der Waals surface area contributed by atoms with Crippen LogP contribution in [0.15, 0.2) is 30.6 Å². The molecule has 1 aliphatic rings. The Morgan fingerprint density at radius 1 is 1.09 bits per heavy atom. The first-order valence-corrected chi connectivity index (χ1v) is 8.12. The Morgan fingerprint density at radius 2 is 1.74 bits per heavy atom. The summed E-state index contributed by atoms with van der Waals surface area (Å²) in [7, 11) is -0.316. The van der Waals surface area contributed by atoms with Gasteiger partial charge in [0.15, 0.2) is 0 Å². The summed E-state index contributed by atoms with van der Waals surface area (Å²) in [6.07, 6.45) is 3.84. The van der Waals surface area contributed by atoms with E-state index in [-0.39, 0.29) is 18.3 Å². The van der Waals surface area contributed by atoms with Crippen LogP contribution in [0.3, 0.4) is 0 Å². The fourth-order valence-corrected chi connectivity index (χ4v) is 2.78. The second kappa shape index (κ2) is 5.50. The molecule has 0 spiro atoms. The van der Waals surface area contributed by atoms with E-state index < -0.39 is 0 Å². The molecule has 2 aromatic rings. The Kier molecular flexibility index (Phi) is 3.89. The Balaban J connectivity index is 1.89. The standard InChI is InChI=1S/C18H25BN2O2/c1-13-7-8-15(12-21-10-9-20-14(21)2)11-16(13)19-22-17(3,4)18(5,6)23-19/h7-11H,12H2,1-6H3. The van der Waals surface area contributed by atoms with Gasteiger partial charge < -0.3 is 13.9 Å². The van der Waals surface area contributed by atoms with Gasteiger partial charge in [0.05, 0.1) is 11.2 Å². The molecule has 0 N–H and O–H groups in total. The second-order valence-corrected chi connectivity index (χ2v) is 7.38. The highest BCUT2D eigenvalue weighted by molar-refractivity contribution is 6.62. The first kappa shape index (κ1) is 16.3. The van der Waals surface area contributed by atoms with Crippen LogP contribution in [0.4, 0.5) is 0 Å². The van der Waals surface area contributed by atoms with Gasteiger partial charge in [0.1, 0.15) is 5.82 Å². The maximum absolute atomic E-state index is 6.20. The van der Waals surface area contributed by atoms with E-state index in [2.05, 4.69) is 62.4 Å². The molecule has 3 rings (SSSR count). The third-order valence-corrected chi connectivity index (χ3v) is 5.13. The molecule has 0 unspecified atom stereocenters. The molecule has 1 aliphatic heterocycles. The maximum Gasteiger partial charge on any atom is 0.495 e. The predicted molar refractivity (Wildman–Crippen MR) is 93.0 cm³/mol.